The minimum Gasteiger partial charge on any atom is -0.390 e. The summed E-state index contributed by atoms with van der Waals surface area (Å²) in [5.74, 6) is -0.321. The predicted molar refractivity (Wildman–Crippen MR) is 241 cm³/mol. The Morgan fingerprint density at radius 1 is 0.632 bits per heavy atom. The highest BCUT2D eigenvalue weighted by Crippen LogP contribution is 2.43. The predicted octanol–water partition coefficient (Wildman–Crippen LogP) is 10.9. The lowest BCUT2D eigenvalue weighted by Gasteiger charge is -2.28. The van der Waals surface area contributed by atoms with Crippen LogP contribution in [-0.2, 0) is 18.4 Å². The first-order valence-corrected chi connectivity index (χ1v) is 23.2. The number of amides is 1. The highest BCUT2D eigenvalue weighted by atomic mass is 31.2. The molecule has 57 heavy (non-hydrogen) atoms. The molecule has 0 bridgehead atoms. The molecular formula is C47H82N2O7P+. The van der Waals surface area contributed by atoms with E-state index in [4.69, 9.17) is 9.05 Å². The molecule has 4 atom stereocenters. The minimum absolute atomic E-state index is 0.000981. The van der Waals surface area contributed by atoms with Crippen molar-refractivity contribution in [3.63, 3.8) is 0 Å². The standard InChI is InChI=1S/C47H81N2O7P/c1-6-8-10-12-14-16-18-20-21-22-23-24-25-26-27-28-30-32-34-36-38-40-46(51)48-44(43-56-57(53,54)55-42-41-49(3,4)5)47(52)45(50)39-37-35-33-31-29-19-17-15-13-11-9-7-2/h8,10,14-17,20-21,23-24,26-27,30-33,44-45,47,50,52H,6-7,9,11-13,18-19,22,25,28-29,34-43H2,1-5H3,(H-,48,51,53,54)/p+1/b10-8-,16-14-,17-15+,21-20-,24-23-,27-26-,32-30-,33-31+. The van der Waals surface area contributed by atoms with Crippen LogP contribution in [0.5, 0.6) is 0 Å². The van der Waals surface area contributed by atoms with Crippen LogP contribution in [0.15, 0.2) is 97.2 Å². The Morgan fingerprint density at radius 3 is 1.60 bits per heavy atom. The second-order valence-electron chi connectivity index (χ2n) is 15.5. The van der Waals surface area contributed by atoms with E-state index in [1.54, 1.807) is 0 Å². The van der Waals surface area contributed by atoms with Crippen molar-refractivity contribution in [1.82, 2.24) is 5.32 Å². The van der Waals surface area contributed by atoms with Gasteiger partial charge in [-0.2, -0.15) is 0 Å². The number of likely N-dealkylation sites (N-methyl/N-ethyl adjacent to an activating group) is 1. The molecule has 0 aliphatic carbocycles. The maximum absolute atomic E-state index is 12.9. The number of unbranched alkanes of at least 4 members (excludes halogenated alkanes) is 7. The number of nitrogens with zero attached hydrogens (tertiary/aromatic N) is 1. The van der Waals surface area contributed by atoms with Gasteiger partial charge in [0.25, 0.3) is 0 Å². The molecule has 4 unspecified atom stereocenters. The van der Waals surface area contributed by atoms with Crippen molar-refractivity contribution in [2.45, 2.75) is 154 Å². The summed E-state index contributed by atoms with van der Waals surface area (Å²) in [5.41, 5.74) is 0. The molecule has 0 spiro atoms. The first kappa shape index (κ1) is 54.4. The molecular weight excluding hydrogens is 735 g/mol. The monoisotopic (exact) mass is 818 g/mol. The number of carbonyl (C=O) groups is 1. The summed E-state index contributed by atoms with van der Waals surface area (Å²) >= 11 is 0. The van der Waals surface area contributed by atoms with Crippen molar-refractivity contribution in [3.05, 3.63) is 97.2 Å². The van der Waals surface area contributed by atoms with Gasteiger partial charge in [-0.1, -0.05) is 124 Å². The normalized spacial score (nSPS) is 15.9. The van der Waals surface area contributed by atoms with Crippen LogP contribution in [0.3, 0.4) is 0 Å². The summed E-state index contributed by atoms with van der Waals surface area (Å²) in [6, 6.07) is -1.09. The van der Waals surface area contributed by atoms with Crippen LogP contribution >= 0.6 is 7.82 Å². The molecule has 10 heteroatoms. The fourth-order valence-electron chi connectivity index (χ4n) is 5.39. The molecule has 0 aliphatic rings. The number of aliphatic hydroxyl groups is 2. The van der Waals surface area contributed by atoms with E-state index >= 15 is 0 Å². The maximum Gasteiger partial charge on any atom is 0.472 e. The number of aliphatic hydroxyl groups excluding tert-OH is 2. The van der Waals surface area contributed by atoms with E-state index in [1.165, 1.54) is 19.3 Å². The molecule has 0 fully saturated rings. The molecule has 4 N–H and O–H groups in total. The molecule has 326 valence electrons. The van der Waals surface area contributed by atoms with Gasteiger partial charge in [-0.15, -0.1) is 0 Å². The molecule has 9 nitrogen and oxygen atoms in total. The van der Waals surface area contributed by atoms with Gasteiger partial charge in [0.05, 0.1) is 39.9 Å². The van der Waals surface area contributed by atoms with E-state index < -0.39 is 32.7 Å². The first-order chi connectivity index (χ1) is 27.4. The largest absolute Gasteiger partial charge is 0.472 e. The average Bonchev–Trinajstić information content (AvgIpc) is 3.16. The number of quaternary nitrogens is 1. The number of hydrogen-bond donors (Lipinski definition) is 4. The topological polar surface area (TPSA) is 125 Å². The van der Waals surface area contributed by atoms with Crippen LogP contribution < -0.4 is 5.32 Å². The van der Waals surface area contributed by atoms with Gasteiger partial charge in [0, 0.05) is 6.42 Å². The van der Waals surface area contributed by atoms with Crippen molar-refractivity contribution in [1.29, 1.82) is 0 Å². The molecule has 0 radical (unpaired) electrons. The zero-order valence-corrected chi connectivity index (χ0v) is 37.3. The summed E-state index contributed by atoms with van der Waals surface area (Å²) in [6.45, 7) is 4.35. The number of nitrogens with one attached hydrogen (secondary N) is 1. The summed E-state index contributed by atoms with van der Waals surface area (Å²) < 4.78 is 23.4. The highest BCUT2D eigenvalue weighted by Gasteiger charge is 2.31. The number of phosphoric acid groups is 1. The second-order valence-corrected chi connectivity index (χ2v) is 16.9. The van der Waals surface area contributed by atoms with Crippen molar-refractivity contribution in [2.24, 2.45) is 0 Å². The SMILES string of the molecule is CC/C=C\C/C=C\C/C=C\C/C=C\C/C=C\C/C=C\CCCCC(=O)NC(COP(=O)(O)OCC[N+](C)(C)C)C(O)C(O)CCC/C=C/CC/C=C/CCCCC. The quantitative estimate of drug-likeness (QED) is 0.0213. The smallest absolute Gasteiger partial charge is 0.390 e. The van der Waals surface area contributed by atoms with Crippen molar-refractivity contribution < 1.29 is 38.0 Å². The van der Waals surface area contributed by atoms with Gasteiger partial charge in [0.2, 0.25) is 5.91 Å². The minimum atomic E-state index is -4.44. The van der Waals surface area contributed by atoms with E-state index in [-0.39, 0.29) is 18.9 Å². The average molecular weight is 818 g/mol. The second kappa shape index (κ2) is 37.6. The number of phosphoric ester groups is 1. The van der Waals surface area contributed by atoms with E-state index in [9.17, 15) is 24.5 Å². The van der Waals surface area contributed by atoms with Crippen LogP contribution in [-0.4, -0.2) is 84.6 Å². The lowest BCUT2D eigenvalue weighted by molar-refractivity contribution is -0.870. The van der Waals surface area contributed by atoms with Gasteiger partial charge in [0.15, 0.2) is 0 Å². The van der Waals surface area contributed by atoms with Crippen molar-refractivity contribution in [3.8, 4) is 0 Å². The van der Waals surface area contributed by atoms with Gasteiger partial charge >= 0.3 is 7.82 Å². The fraction of sp³-hybridized carbons (Fsp3) is 0.638. The van der Waals surface area contributed by atoms with Crippen LogP contribution in [0.1, 0.15) is 136 Å². The van der Waals surface area contributed by atoms with Crippen LogP contribution in [0.4, 0.5) is 0 Å². The molecule has 0 saturated heterocycles. The third-order valence-corrected chi connectivity index (χ3v) is 9.87. The first-order valence-electron chi connectivity index (χ1n) is 21.7. The van der Waals surface area contributed by atoms with Crippen LogP contribution in [0.25, 0.3) is 0 Å². The lowest BCUT2D eigenvalue weighted by atomic mass is 10.0. The molecule has 0 heterocycles. The highest BCUT2D eigenvalue weighted by molar-refractivity contribution is 7.47. The van der Waals surface area contributed by atoms with Gasteiger partial charge in [-0.25, -0.2) is 4.57 Å². The molecule has 0 saturated carbocycles. The van der Waals surface area contributed by atoms with E-state index in [1.807, 2.05) is 21.1 Å². The maximum atomic E-state index is 12.9. The van der Waals surface area contributed by atoms with Crippen LogP contribution in [0, 0.1) is 0 Å². The van der Waals surface area contributed by atoms with E-state index in [2.05, 4.69) is 116 Å². The van der Waals surface area contributed by atoms with E-state index in [0.717, 1.165) is 77.0 Å². The molecule has 0 rings (SSSR count). The summed E-state index contributed by atoms with van der Waals surface area (Å²) in [4.78, 5) is 23.1. The number of rotatable bonds is 37. The lowest BCUT2D eigenvalue weighted by Crippen LogP contribution is -2.51. The Kier molecular flexibility index (Phi) is 35.9. The van der Waals surface area contributed by atoms with Gasteiger partial charge in [0.1, 0.15) is 19.3 Å². The summed E-state index contributed by atoms with van der Waals surface area (Å²) in [7, 11) is 1.36. The number of allylic oxidation sites excluding steroid dienone is 16. The van der Waals surface area contributed by atoms with E-state index in [0.29, 0.717) is 30.3 Å². The third kappa shape index (κ3) is 38.7. The Morgan fingerprint density at radius 2 is 1.09 bits per heavy atom. The van der Waals surface area contributed by atoms with Gasteiger partial charge < -0.3 is 24.9 Å². The summed E-state index contributed by atoms with van der Waals surface area (Å²) in [6.07, 6.45) is 49.1. The van der Waals surface area contributed by atoms with Crippen molar-refractivity contribution in [2.75, 3.05) is 40.9 Å². The molecule has 0 aliphatic heterocycles. The number of carbonyl (C=O) groups excluding carboxylic acids is 1. The third-order valence-electron chi connectivity index (χ3n) is 8.89. The van der Waals surface area contributed by atoms with Crippen LogP contribution in [0.2, 0.25) is 0 Å². The molecule has 0 aromatic heterocycles. The van der Waals surface area contributed by atoms with Crippen molar-refractivity contribution >= 4 is 13.7 Å². The molecule has 0 aromatic carbocycles. The Hall–Kier alpha value is -2.62. The van der Waals surface area contributed by atoms with Gasteiger partial charge in [-0.05, 0) is 103 Å². The summed E-state index contributed by atoms with van der Waals surface area (Å²) in [5, 5.41) is 24.6. The zero-order chi connectivity index (χ0) is 42.3. The Balaban J connectivity index is 4.66. The number of hydrogen-bond acceptors (Lipinski definition) is 6. The fourth-order valence-corrected chi connectivity index (χ4v) is 6.13. The Labute approximate surface area is 348 Å². The molecule has 0 aromatic rings. The van der Waals surface area contributed by atoms with Gasteiger partial charge in [-0.3, -0.25) is 13.8 Å². The Bertz CT molecular complexity index is 1260. The molecule has 1 amide bonds. The zero-order valence-electron chi connectivity index (χ0n) is 36.4.